The Morgan fingerprint density at radius 1 is 1.36 bits per heavy atom. The summed E-state index contributed by atoms with van der Waals surface area (Å²) in [6, 6.07) is 1.67. The van der Waals surface area contributed by atoms with Crippen LogP contribution in [0.2, 0.25) is 0 Å². The van der Waals surface area contributed by atoms with Crippen molar-refractivity contribution in [1.29, 1.82) is 0 Å². The van der Waals surface area contributed by atoms with E-state index in [0.29, 0.717) is 29.0 Å². The fourth-order valence-corrected chi connectivity index (χ4v) is 3.67. The highest BCUT2D eigenvalue weighted by atomic mass is 19.1. The fourth-order valence-electron chi connectivity index (χ4n) is 3.67. The lowest BCUT2D eigenvalue weighted by Gasteiger charge is -2.48. The third kappa shape index (κ3) is 2.18. The van der Waals surface area contributed by atoms with Crippen molar-refractivity contribution in [3.63, 3.8) is 0 Å². The minimum absolute atomic E-state index is 0.0756. The molecule has 4 rings (SSSR count). The SMILES string of the molecule is C=C1Oc2c(c3cc(F)c(C)nc3n(C)c2=O)N2CC(C)N(C)CC12. The molecular formula is C18H21FN4O2. The molecule has 0 bridgehead atoms. The zero-order valence-corrected chi connectivity index (χ0v) is 14.8. The molecule has 2 unspecified atom stereocenters. The average Bonchev–Trinajstić information content (AvgIpc) is 2.56. The van der Waals surface area contributed by atoms with Crippen LogP contribution in [0.5, 0.6) is 5.75 Å². The minimum atomic E-state index is -0.392. The highest BCUT2D eigenvalue weighted by molar-refractivity contribution is 5.94. The van der Waals surface area contributed by atoms with Crippen molar-refractivity contribution in [2.75, 3.05) is 25.0 Å². The van der Waals surface area contributed by atoms with Crippen molar-refractivity contribution >= 4 is 16.7 Å². The monoisotopic (exact) mass is 344 g/mol. The third-order valence-electron chi connectivity index (χ3n) is 5.36. The standard InChI is InChI=1S/C18H21FN4O2/c1-9-7-23-14(8-21(9)4)11(3)25-16-15(23)12-6-13(19)10(2)20-17(12)22(5)18(16)24/h6,9,14H,3,7-8H2,1-2,4-5H3. The maximum Gasteiger partial charge on any atom is 0.297 e. The van der Waals surface area contributed by atoms with Gasteiger partial charge in [-0.05, 0) is 27.0 Å². The van der Waals surface area contributed by atoms with Crippen molar-refractivity contribution in [3.05, 3.63) is 40.3 Å². The zero-order valence-electron chi connectivity index (χ0n) is 14.8. The summed E-state index contributed by atoms with van der Waals surface area (Å²) in [7, 11) is 3.68. The quantitative estimate of drug-likeness (QED) is 0.729. The molecule has 132 valence electrons. The van der Waals surface area contributed by atoms with Gasteiger partial charge in [-0.2, -0.15) is 0 Å². The molecule has 6 nitrogen and oxygen atoms in total. The molecule has 0 aromatic carbocycles. The molecule has 2 aromatic rings. The Hall–Kier alpha value is -2.41. The molecule has 0 N–H and O–H groups in total. The fraction of sp³-hybridized carbons (Fsp3) is 0.444. The van der Waals surface area contributed by atoms with E-state index in [1.54, 1.807) is 14.0 Å². The highest BCUT2D eigenvalue weighted by Crippen LogP contribution is 2.41. The molecule has 0 aliphatic carbocycles. The molecule has 0 radical (unpaired) electrons. The molecule has 0 spiro atoms. The number of rotatable bonds is 0. The summed E-state index contributed by atoms with van der Waals surface area (Å²) >= 11 is 0. The van der Waals surface area contributed by atoms with Gasteiger partial charge in [0.1, 0.15) is 17.2 Å². The zero-order chi connectivity index (χ0) is 18.0. The molecule has 7 heteroatoms. The number of hydrogen-bond donors (Lipinski definition) is 0. The molecule has 2 aromatic heterocycles. The van der Waals surface area contributed by atoms with Crippen LogP contribution >= 0.6 is 0 Å². The summed E-state index contributed by atoms with van der Waals surface area (Å²) < 4.78 is 21.5. The lowest BCUT2D eigenvalue weighted by atomic mass is 10.0. The van der Waals surface area contributed by atoms with Gasteiger partial charge < -0.3 is 9.64 Å². The number of nitrogens with zero attached hydrogens (tertiary/aromatic N) is 4. The van der Waals surface area contributed by atoms with Crippen molar-refractivity contribution in [3.8, 4) is 5.75 Å². The van der Waals surface area contributed by atoms with Gasteiger partial charge in [0.25, 0.3) is 5.56 Å². The van der Waals surface area contributed by atoms with Crippen molar-refractivity contribution in [1.82, 2.24) is 14.5 Å². The minimum Gasteiger partial charge on any atom is -0.452 e. The molecule has 4 heterocycles. The average molecular weight is 344 g/mol. The van der Waals surface area contributed by atoms with E-state index in [2.05, 4.69) is 35.3 Å². The normalized spacial score (nSPS) is 23.4. The van der Waals surface area contributed by atoms with Crippen molar-refractivity contribution in [2.24, 2.45) is 7.05 Å². The molecule has 0 amide bonds. The van der Waals surface area contributed by atoms with Gasteiger partial charge >= 0.3 is 0 Å². The molecule has 2 atom stereocenters. The number of halogens is 1. The number of fused-ring (bicyclic) bond motifs is 5. The Kier molecular flexibility index (Phi) is 3.40. The van der Waals surface area contributed by atoms with E-state index in [0.717, 1.165) is 6.54 Å². The van der Waals surface area contributed by atoms with Gasteiger partial charge in [-0.15, -0.1) is 0 Å². The Labute approximate surface area is 145 Å². The van der Waals surface area contributed by atoms with E-state index in [1.807, 2.05) is 0 Å². The lowest BCUT2D eigenvalue weighted by Crippen LogP contribution is -2.59. The van der Waals surface area contributed by atoms with Crippen LogP contribution in [0.4, 0.5) is 10.1 Å². The number of ether oxygens (including phenoxy) is 1. The Morgan fingerprint density at radius 3 is 2.80 bits per heavy atom. The first-order valence-electron chi connectivity index (χ1n) is 8.33. The second-order valence-corrected chi connectivity index (χ2v) is 6.99. The van der Waals surface area contributed by atoms with E-state index < -0.39 is 5.82 Å². The number of aromatic nitrogens is 2. The number of piperazine rings is 1. The number of pyridine rings is 2. The largest absolute Gasteiger partial charge is 0.452 e. The molecule has 25 heavy (non-hydrogen) atoms. The number of anilines is 1. The van der Waals surface area contributed by atoms with E-state index in [9.17, 15) is 9.18 Å². The van der Waals surface area contributed by atoms with E-state index in [4.69, 9.17) is 4.74 Å². The van der Waals surface area contributed by atoms with Gasteiger partial charge in [0.05, 0.1) is 17.4 Å². The van der Waals surface area contributed by atoms with Gasteiger partial charge in [-0.1, -0.05) is 6.58 Å². The number of likely N-dealkylation sites (N-methyl/N-ethyl adjacent to an activating group) is 1. The van der Waals surface area contributed by atoms with Crippen LogP contribution in [-0.4, -0.2) is 46.7 Å². The van der Waals surface area contributed by atoms with Crippen LogP contribution in [0.15, 0.2) is 23.2 Å². The molecule has 2 aliphatic rings. The van der Waals surface area contributed by atoms with Gasteiger partial charge in [-0.3, -0.25) is 14.3 Å². The lowest BCUT2D eigenvalue weighted by molar-refractivity contribution is 0.183. The Bertz CT molecular complexity index is 968. The van der Waals surface area contributed by atoms with E-state index in [1.165, 1.54) is 10.6 Å². The van der Waals surface area contributed by atoms with Crippen molar-refractivity contribution in [2.45, 2.75) is 25.9 Å². The molecular weight excluding hydrogens is 323 g/mol. The number of hydrogen-bond acceptors (Lipinski definition) is 5. The smallest absolute Gasteiger partial charge is 0.297 e. The third-order valence-corrected chi connectivity index (χ3v) is 5.36. The van der Waals surface area contributed by atoms with Crippen LogP contribution in [0, 0.1) is 12.7 Å². The maximum atomic E-state index is 14.3. The molecule has 0 saturated carbocycles. The van der Waals surface area contributed by atoms with Crippen LogP contribution in [0.25, 0.3) is 11.0 Å². The van der Waals surface area contributed by atoms with E-state index >= 15 is 0 Å². The first kappa shape index (κ1) is 16.1. The summed E-state index contributed by atoms with van der Waals surface area (Å²) in [5, 5.41) is 0.592. The van der Waals surface area contributed by atoms with Crippen LogP contribution in [0.3, 0.4) is 0 Å². The Morgan fingerprint density at radius 2 is 2.08 bits per heavy atom. The predicted molar refractivity (Wildman–Crippen MR) is 94.7 cm³/mol. The van der Waals surface area contributed by atoms with Crippen LogP contribution in [0.1, 0.15) is 12.6 Å². The van der Waals surface area contributed by atoms with Gasteiger partial charge in [0, 0.05) is 31.6 Å². The summed E-state index contributed by atoms with van der Waals surface area (Å²) in [6.07, 6.45) is 0. The molecule has 1 fully saturated rings. The molecule has 2 aliphatic heterocycles. The predicted octanol–water partition coefficient (Wildman–Crippen LogP) is 1.80. The first-order chi connectivity index (χ1) is 11.8. The summed E-state index contributed by atoms with van der Waals surface area (Å²) in [4.78, 5) is 21.5. The second-order valence-electron chi connectivity index (χ2n) is 6.99. The maximum absolute atomic E-state index is 14.3. The summed E-state index contributed by atoms with van der Waals surface area (Å²) in [5.74, 6) is 0.359. The second kappa shape index (κ2) is 5.29. The van der Waals surface area contributed by atoms with Crippen LogP contribution in [-0.2, 0) is 7.05 Å². The van der Waals surface area contributed by atoms with Gasteiger partial charge in [0.2, 0.25) is 5.75 Å². The van der Waals surface area contributed by atoms with Gasteiger partial charge in [-0.25, -0.2) is 9.37 Å². The van der Waals surface area contributed by atoms with E-state index in [-0.39, 0.29) is 29.1 Å². The van der Waals surface area contributed by atoms with Crippen molar-refractivity contribution < 1.29 is 9.13 Å². The first-order valence-corrected chi connectivity index (χ1v) is 8.33. The van der Waals surface area contributed by atoms with Crippen LogP contribution < -0.4 is 15.2 Å². The summed E-state index contributed by atoms with van der Waals surface area (Å²) in [6.45, 7) is 9.17. The summed E-state index contributed by atoms with van der Waals surface area (Å²) in [5.41, 5.74) is 1.07. The van der Waals surface area contributed by atoms with Gasteiger partial charge in [0.15, 0.2) is 0 Å². The Balaban J connectivity index is 2.06. The topological polar surface area (TPSA) is 50.6 Å². The molecule has 1 saturated heterocycles. The highest BCUT2D eigenvalue weighted by Gasteiger charge is 2.40. The number of aryl methyl sites for hydroxylation is 2.